The number of aliphatic hydroxyl groups is 2. The SMILES string of the molecule is CNC(=O)Nc1cc(Oc2cncc(C)c2)c(C2(O)CC(O)C2)cn1. The van der Waals surface area contributed by atoms with Crippen LogP contribution < -0.4 is 15.4 Å². The summed E-state index contributed by atoms with van der Waals surface area (Å²) in [5, 5.41) is 25.3. The molecule has 0 atom stereocenters. The van der Waals surface area contributed by atoms with E-state index in [9.17, 15) is 15.0 Å². The van der Waals surface area contributed by atoms with Crippen molar-refractivity contribution in [3.05, 3.63) is 41.9 Å². The molecule has 132 valence electrons. The summed E-state index contributed by atoms with van der Waals surface area (Å²) in [7, 11) is 1.50. The van der Waals surface area contributed by atoms with E-state index in [1.807, 2.05) is 13.0 Å². The van der Waals surface area contributed by atoms with Gasteiger partial charge in [-0.25, -0.2) is 9.78 Å². The lowest BCUT2D eigenvalue weighted by Gasteiger charge is -2.41. The number of hydrogen-bond acceptors (Lipinski definition) is 6. The van der Waals surface area contributed by atoms with Crippen molar-refractivity contribution >= 4 is 11.8 Å². The molecule has 8 heteroatoms. The molecule has 0 radical (unpaired) electrons. The highest BCUT2D eigenvalue weighted by molar-refractivity contribution is 5.88. The lowest BCUT2D eigenvalue weighted by Crippen LogP contribution is -2.44. The normalized spacial score (nSPS) is 22.0. The molecule has 1 fully saturated rings. The van der Waals surface area contributed by atoms with Crippen LogP contribution in [-0.2, 0) is 5.60 Å². The van der Waals surface area contributed by atoms with Crippen LogP contribution in [0.1, 0.15) is 24.0 Å². The topological polar surface area (TPSA) is 117 Å². The predicted octanol–water partition coefficient (Wildman–Crippen LogP) is 1.67. The number of aliphatic hydroxyl groups excluding tert-OH is 1. The van der Waals surface area contributed by atoms with E-state index in [4.69, 9.17) is 4.74 Å². The number of pyridine rings is 2. The smallest absolute Gasteiger partial charge is 0.320 e. The van der Waals surface area contributed by atoms with E-state index >= 15 is 0 Å². The molecular formula is C17H20N4O4. The summed E-state index contributed by atoms with van der Waals surface area (Å²) < 4.78 is 5.89. The Labute approximate surface area is 144 Å². The highest BCUT2D eigenvalue weighted by Crippen LogP contribution is 2.46. The number of anilines is 1. The third-order valence-corrected chi connectivity index (χ3v) is 4.06. The van der Waals surface area contributed by atoms with Crippen molar-refractivity contribution in [1.82, 2.24) is 15.3 Å². The largest absolute Gasteiger partial charge is 0.455 e. The molecule has 0 aliphatic heterocycles. The molecule has 0 bridgehead atoms. The molecule has 1 aliphatic carbocycles. The van der Waals surface area contributed by atoms with Crippen LogP contribution in [0, 0.1) is 6.92 Å². The van der Waals surface area contributed by atoms with Crippen LogP contribution in [0.3, 0.4) is 0 Å². The van der Waals surface area contributed by atoms with Crippen molar-refractivity contribution < 1.29 is 19.7 Å². The average Bonchev–Trinajstić information content (AvgIpc) is 2.53. The predicted molar refractivity (Wildman–Crippen MR) is 90.5 cm³/mol. The number of nitrogens with zero attached hydrogens (tertiary/aromatic N) is 2. The monoisotopic (exact) mass is 344 g/mol. The highest BCUT2D eigenvalue weighted by Gasteiger charge is 2.45. The molecule has 0 unspecified atom stereocenters. The van der Waals surface area contributed by atoms with Gasteiger partial charge in [0.1, 0.15) is 17.3 Å². The third kappa shape index (κ3) is 3.70. The first-order chi connectivity index (χ1) is 11.9. The van der Waals surface area contributed by atoms with Crippen molar-refractivity contribution in [3.8, 4) is 11.5 Å². The Morgan fingerprint density at radius 3 is 2.72 bits per heavy atom. The van der Waals surface area contributed by atoms with E-state index < -0.39 is 17.7 Å². The average molecular weight is 344 g/mol. The van der Waals surface area contributed by atoms with Gasteiger partial charge < -0.3 is 20.3 Å². The fourth-order valence-corrected chi connectivity index (χ4v) is 2.77. The van der Waals surface area contributed by atoms with Crippen molar-refractivity contribution in [1.29, 1.82) is 0 Å². The molecule has 2 heterocycles. The summed E-state index contributed by atoms with van der Waals surface area (Å²) in [5.41, 5.74) is 0.182. The number of aryl methyl sites for hydroxylation is 1. The minimum absolute atomic E-state index is 0.208. The van der Waals surface area contributed by atoms with Crippen LogP contribution in [-0.4, -0.2) is 39.4 Å². The number of nitrogens with one attached hydrogen (secondary N) is 2. The number of carbonyl (C=O) groups is 1. The molecule has 0 spiro atoms. The van der Waals surface area contributed by atoms with Crippen molar-refractivity contribution in [3.63, 3.8) is 0 Å². The van der Waals surface area contributed by atoms with Gasteiger partial charge in [0, 0.05) is 43.9 Å². The van der Waals surface area contributed by atoms with Gasteiger partial charge in [0.05, 0.1) is 17.9 Å². The third-order valence-electron chi connectivity index (χ3n) is 4.06. The highest BCUT2D eigenvalue weighted by atomic mass is 16.5. The van der Waals surface area contributed by atoms with Crippen LogP contribution in [0.15, 0.2) is 30.7 Å². The quantitative estimate of drug-likeness (QED) is 0.670. The molecule has 2 aromatic heterocycles. The number of rotatable bonds is 4. The van der Waals surface area contributed by atoms with Gasteiger partial charge in [0.25, 0.3) is 0 Å². The van der Waals surface area contributed by atoms with E-state index in [1.54, 1.807) is 12.4 Å². The summed E-state index contributed by atoms with van der Waals surface area (Å²) in [5.74, 6) is 1.13. The zero-order valence-electron chi connectivity index (χ0n) is 14.0. The van der Waals surface area contributed by atoms with Gasteiger partial charge in [-0.2, -0.15) is 0 Å². The van der Waals surface area contributed by atoms with Gasteiger partial charge >= 0.3 is 6.03 Å². The Morgan fingerprint density at radius 1 is 1.32 bits per heavy atom. The maximum absolute atomic E-state index is 11.5. The van der Waals surface area contributed by atoms with Crippen LogP contribution >= 0.6 is 0 Å². The standard InChI is InChI=1S/C17H20N4O4/c1-10-3-12(8-19-7-10)25-14-4-15(21-16(23)18-2)20-9-13(14)17(24)5-11(22)6-17/h3-4,7-9,11,22,24H,5-6H2,1-2H3,(H2,18,20,21,23). The summed E-state index contributed by atoms with van der Waals surface area (Å²) in [6, 6.07) is 2.93. The second-order valence-corrected chi connectivity index (χ2v) is 6.16. The Hall–Kier alpha value is -2.71. The number of ether oxygens (including phenoxy) is 1. The van der Waals surface area contributed by atoms with E-state index in [0.29, 0.717) is 17.1 Å². The maximum atomic E-state index is 11.5. The number of carbonyl (C=O) groups excluding carboxylic acids is 1. The van der Waals surface area contributed by atoms with Gasteiger partial charge in [-0.05, 0) is 18.6 Å². The summed E-state index contributed by atoms with van der Waals surface area (Å²) in [6.45, 7) is 1.89. The Kier molecular flexibility index (Phi) is 4.56. The molecule has 0 aromatic carbocycles. The Morgan fingerprint density at radius 2 is 2.08 bits per heavy atom. The molecule has 3 rings (SSSR count). The van der Waals surface area contributed by atoms with E-state index in [0.717, 1.165) is 5.56 Å². The first kappa shape index (κ1) is 17.1. The Balaban J connectivity index is 1.95. The molecule has 1 aliphatic rings. The zero-order chi connectivity index (χ0) is 18.0. The van der Waals surface area contributed by atoms with Crippen LogP contribution in [0.2, 0.25) is 0 Å². The number of aromatic nitrogens is 2. The zero-order valence-corrected chi connectivity index (χ0v) is 14.0. The minimum Gasteiger partial charge on any atom is -0.455 e. The summed E-state index contributed by atoms with van der Waals surface area (Å²) in [6.07, 6.45) is 4.58. The number of amides is 2. The van der Waals surface area contributed by atoms with Gasteiger partial charge in [0.15, 0.2) is 0 Å². The van der Waals surface area contributed by atoms with Crippen molar-refractivity contribution in [2.24, 2.45) is 0 Å². The molecule has 1 saturated carbocycles. The minimum atomic E-state index is -1.20. The first-order valence-corrected chi connectivity index (χ1v) is 7.89. The van der Waals surface area contributed by atoms with E-state index in [1.165, 1.54) is 19.3 Å². The second-order valence-electron chi connectivity index (χ2n) is 6.16. The van der Waals surface area contributed by atoms with E-state index in [2.05, 4.69) is 20.6 Å². The van der Waals surface area contributed by atoms with Gasteiger partial charge in [-0.1, -0.05) is 0 Å². The lowest BCUT2D eigenvalue weighted by molar-refractivity contribution is -0.120. The molecule has 25 heavy (non-hydrogen) atoms. The van der Waals surface area contributed by atoms with Crippen LogP contribution in [0.5, 0.6) is 11.5 Å². The second kappa shape index (κ2) is 6.66. The molecule has 4 N–H and O–H groups in total. The van der Waals surface area contributed by atoms with E-state index in [-0.39, 0.29) is 18.7 Å². The summed E-state index contributed by atoms with van der Waals surface area (Å²) in [4.78, 5) is 19.7. The number of hydrogen-bond donors (Lipinski definition) is 4. The first-order valence-electron chi connectivity index (χ1n) is 7.89. The van der Waals surface area contributed by atoms with Gasteiger partial charge in [-0.3, -0.25) is 10.3 Å². The van der Waals surface area contributed by atoms with Gasteiger partial charge in [0.2, 0.25) is 0 Å². The van der Waals surface area contributed by atoms with Crippen LogP contribution in [0.4, 0.5) is 10.6 Å². The molecule has 2 aromatic rings. The maximum Gasteiger partial charge on any atom is 0.320 e. The number of urea groups is 1. The van der Waals surface area contributed by atoms with Crippen LogP contribution in [0.25, 0.3) is 0 Å². The fourth-order valence-electron chi connectivity index (χ4n) is 2.77. The molecule has 0 saturated heterocycles. The van der Waals surface area contributed by atoms with Crippen molar-refractivity contribution in [2.75, 3.05) is 12.4 Å². The fraction of sp³-hybridized carbons (Fsp3) is 0.353. The lowest BCUT2D eigenvalue weighted by atomic mass is 9.73. The summed E-state index contributed by atoms with van der Waals surface area (Å²) >= 11 is 0. The molecule has 8 nitrogen and oxygen atoms in total. The van der Waals surface area contributed by atoms with Crippen molar-refractivity contribution in [2.45, 2.75) is 31.5 Å². The van der Waals surface area contributed by atoms with Gasteiger partial charge in [-0.15, -0.1) is 0 Å². The Bertz CT molecular complexity index is 790. The molecule has 2 amide bonds. The molecular weight excluding hydrogens is 324 g/mol.